The van der Waals surface area contributed by atoms with Gasteiger partial charge in [0.25, 0.3) is 0 Å². The van der Waals surface area contributed by atoms with E-state index in [-0.39, 0.29) is 11.7 Å². The van der Waals surface area contributed by atoms with E-state index in [1.807, 2.05) is 20.8 Å². The van der Waals surface area contributed by atoms with Gasteiger partial charge < -0.3 is 4.74 Å². The van der Waals surface area contributed by atoms with Gasteiger partial charge in [0.15, 0.2) is 0 Å². The average molecular weight is 181 g/mol. The normalized spacial score (nSPS) is 25.3. The summed E-state index contributed by atoms with van der Waals surface area (Å²) in [6.45, 7) is 6.49. The molecule has 0 saturated carbocycles. The van der Waals surface area contributed by atoms with E-state index in [0.29, 0.717) is 5.92 Å². The standard InChI is InChI=1S/C10H15NO2/c1-10(2,3)13-9(12)11-5-4-7-6-8(7)11/h6-7H,4-5H2,1-3H3. The molecule has 1 amide bonds. The second-order valence-electron chi connectivity index (χ2n) is 4.62. The summed E-state index contributed by atoms with van der Waals surface area (Å²) in [5.74, 6) is 0.576. The van der Waals surface area contributed by atoms with Crippen molar-refractivity contribution in [2.24, 2.45) is 5.92 Å². The highest BCUT2D eigenvalue weighted by Crippen LogP contribution is 2.41. The first-order valence-corrected chi connectivity index (χ1v) is 4.69. The Bertz CT molecular complexity index is 275. The topological polar surface area (TPSA) is 29.5 Å². The Morgan fingerprint density at radius 3 is 2.69 bits per heavy atom. The molecule has 0 aromatic rings. The van der Waals surface area contributed by atoms with Crippen molar-refractivity contribution in [1.29, 1.82) is 0 Å². The van der Waals surface area contributed by atoms with Crippen LogP contribution in [0.3, 0.4) is 0 Å². The van der Waals surface area contributed by atoms with Crippen molar-refractivity contribution in [2.45, 2.75) is 32.8 Å². The Hall–Kier alpha value is -0.990. The van der Waals surface area contributed by atoms with E-state index >= 15 is 0 Å². The summed E-state index contributed by atoms with van der Waals surface area (Å²) in [6, 6.07) is 0. The largest absolute Gasteiger partial charge is 0.443 e. The maximum Gasteiger partial charge on any atom is 0.414 e. The molecule has 1 unspecified atom stereocenters. The third kappa shape index (κ3) is 1.69. The van der Waals surface area contributed by atoms with Gasteiger partial charge in [-0.05, 0) is 27.2 Å². The fourth-order valence-electron chi connectivity index (χ4n) is 1.59. The van der Waals surface area contributed by atoms with Crippen LogP contribution >= 0.6 is 0 Å². The number of carbonyl (C=O) groups excluding carboxylic acids is 1. The van der Waals surface area contributed by atoms with E-state index in [4.69, 9.17) is 4.74 Å². The summed E-state index contributed by atoms with van der Waals surface area (Å²) in [5, 5.41) is 0. The highest BCUT2D eigenvalue weighted by atomic mass is 16.6. The number of allylic oxidation sites excluding steroid dienone is 2. The lowest BCUT2D eigenvalue weighted by Gasteiger charge is -2.23. The third-order valence-electron chi connectivity index (χ3n) is 2.23. The molecule has 2 aliphatic rings. The van der Waals surface area contributed by atoms with Crippen molar-refractivity contribution >= 4 is 6.09 Å². The molecule has 2 rings (SSSR count). The maximum absolute atomic E-state index is 11.6. The molecule has 0 spiro atoms. The second-order valence-corrected chi connectivity index (χ2v) is 4.62. The van der Waals surface area contributed by atoms with Crippen LogP contribution in [0.5, 0.6) is 0 Å². The summed E-state index contributed by atoms with van der Waals surface area (Å²) in [6.07, 6.45) is 3.00. The van der Waals surface area contributed by atoms with E-state index in [9.17, 15) is 4.79 Å². The molecule has 0 aromatic carbocycles. The Morgan fingerprint density at radius 2 is 2.31 bits per heavy atom. The number of carbonyl (C=O) groups is 1. The number of ether oxygens (including phenoxy) is 1. The minimum absolute atomic E-state index is 0.196. The molecule has 0 bridgehead atoms. The van der Waals surface area contributed by atoms with E-state index in [1.165, 1.54) is 0 Å². The van der Waals surface area contributed by atoms with Gasteiger partial charge in [-0.15, -0.1) is 0 Å². The van der Waals surface area contributed by atoms with Gasteiger partial charge in [-0.25, -0.2) is 4.79 Å². The zero-order chi connectivity index (χ0) is 9.64. The molecule has 13 heavy (non-hydrogen) atoms. The number of hydrogen-bond donors (Lipinski definition) is 0. The van der Waals surface area contributed by atoms with Crippen LogP contribution in [0.15, 0.2) is 11.8 Å². The van der Waals surface area contributed by atoms with Crippen LogP contribution in [-0.2, 0) is 4.74 Å². The van der Waals surface area contributed by atoms with Crippen LogP contribution in [0.4, 0.5) is 4.79 Å². The lowest BCUT2D eigenvalue weighted by molar-refractivity contribution is 0.0342. The molecule has 3 nitrogen and oxygen atoms in total. The van der Waals surface area contributed by atoms with Gasteiger partial charge in [0.2, 0.25) is 0 Å². The number of fused-ring (bicyclic) bond motifs is 1. The molecule has 0 aromatic heterocycles. The Labute approximate surface area is 78.4 Å². The van der Waals surface area contributed by atoms with Crippen molar-refractivity contribution < 1.29 is 9.53 Å². The number of likely N-dealkylation sites (tertiary alicyclic amines) is 1. The SMILES string of the molecule is CC(C)(C)OC(=O)N1CCC2C=C21. The molecular formula is C10H15NO2. The van der Waals surface area contributed by atoms with Gasteiger partial charge >= 0.3 is 6.09 Å². The van der Waals surface area contributed by atoms with Gasteiger partial charge in [-0.1, -0.05) is 6.08 Å². The highest BCUT2D eigenvalue weighted by Gasteiger charge is 2.41. The molecule has 0 radical (unpaired) electrons. The van der Waals surface area contributed by atoms with E-state index in [2.05, 4.69) is 6.08 Å². The minimum atomic E-state index is -0.384. The Morgan fingerprint density at radius 1 is 1.62 bits per heavy atom. The van der Waals surface area contributed by atoms with Crippen LogP contribution < -0.4 is 0 Å². The first-order chi connectivity index (χ1) is 5.97. The van der Waals surface area contributed by atoms with Crippen molar-refractivity contribution in [2.75, 3.05) is 6.54 Å². The Kier molecular flexibility index (Phi) is 1.65. The minimum Gasteiger partial charge on any atom is -0.443 e. The van der Waals surface area contributed by atoms with Crippen LogP contribution in [0, 0.1) is 5.92 Å². The molecule has 1 heterocycles. The zero-order valence-electron chi connectivity index (χ0n) is 8.33. The molecule has 1 saturated heterocycles. The molecule has 72 valence electrons. The molecule has 3 heteroatoms. The summed E-state index contributed by atoms with van der Waals surface area (Å²) < 4.78 is 5.26. The van der Waals surface area contributed by atoms with E-state index in [1.54, 1.807) is 4.90 Å². The fourth-order valence-corrected chi connectivity index (χ4v) is 1.59. The van der Waals surface area contributed by atoms with Crippen LogP contribution in [0.2, 0.25) is 0 Å². The number of amides is 1. The Balaban J connectivity index is 1.94. The maximum atomic E-state index is 11.6. The number of rotatable bonds is 0. The van der Waals surface area contributed by atoms with Crippen LogP contribution in [-0.4, -0.2) is 23.1 Å². The second kappa shape index (κ2) is 2.50. The van der Waals surface area contributed by atoms with Crippen molar-refractivity contribution in [3.05, 3.63) is 11.8 Å². The fraction of sp³-hybridized carbons (Fsp3) is 0.700. The van der Waals surface area contributed by atoms with Gasteiger partial charge in [0.1, 0.15) is 5.60 Å². The number of hydrogen-bond acceptors (Lipinski definition) is 2. The van der Waals surface area contributed by atoms with Gasteiger partial charge in [-0.3, -0.25) is 4.90 Å². The summed E-state index contributed by atoms with van der Waals surface area (Å²) in [4.78, 5) is 13.3. The first kappa shape index (κ1) is 8.60. The predicted octanol–water partition coefficient (Wildman–Crippen LogP) is 2.14. The quantitative estimate of drug-likeness (QED) is 0.573. The lowest BCUT2D eigenvalue weighted by atomic mass is 10.2. The molecule has 0 N–H and O–H groups in total. The third-order valence-corrected chi connectivity index (χ3v) is 2.23. The van der Waals surface area contributed by atoms with Crippen molar-refractivity contribution in [3.8, 4) is 0 Å². The highest BCUT2D eigenvalue weighted by molar-refractivity contribution is 5.73. The lowest BCUT2D eigenvalue weighted by Crippen LogP contribution is -2.33. The van der Waals surface area contributed by atoms with E-state index < -0.39 is 0 Å². The van der Waals surface area contributed by atoms with Crippen molar-refractivity contribution in [1.82, 2.24) is 4.90 Å². The zero-order valence-corrected chi connectivity index (χ0v) is 8.33. The van der Waals surface area contributed by atoms with Crippen molar-refractivity contribution in [3.63, 3.8) is 0 Å². The van der Waals surface area contributed by atoms with Crippen LogP contribution in [0.25, 0.3) is 0 Å². The van der Waals surface area contributed by atoms with Gasteiger partial charge in [0.05, 0.1) is 0 Å². The summed E-state index contributed by atoms with van der Waals surface area (Å²) in [5.41, 5.74) is 0.777. The monoisotopic (exact) mass is 181 g/mol. The molecule has 1 aliphatic carbocycles. The molecule has 1 fully saturated rings. The van der Waals surface area contributed by atoms with Gasteiger partial charge in [-0.2, -0.15) is 0 Å². The summed E-state index contributed by atoms with van der Waals surface area (Å²) >= 11 is 0. The molecule has 1 aliphatic heterocycles. The molecule has 1 atom stereocenters. The van der Waals surface area contributed by atoms with Gasteiger partial charge in [0, 0.05) is 18.2 Å². The number of nitrogens with zero attached hydrogens (tertiary/aromatic N) is 1. The smallest absolute Gasteiger partial charge is 0.414 e. The first-order valence-electron chi connectivity index (χ1n) is 4.69. The summed E-state index contributed by atoms with van der Waals surface area (Å²) in [7, 11) is 0. The molecular weight excluding hydrogens is 166 g/mol. The average Bonchev–Trinajstić information content (AvgIpc) is 2.59. The van der Waals surface area contributed by atoms with E-state index in [0.717, 1.165) is 18.7 Å². The predicted molar refractivity (Wildman–Crippen MR) is 49.1 cm³/mol. The van der Waals surface area contributed by atoms with Crippen LogP contribution in [0.1, 0.15) is 27.2 Å².